The van der Waals surface area contributed by atoms with Gasteiger partial charge in [-0.1, -0.05) is 60.7 Å². The highest BCUT2D eigenvalue weighted by Gasteiger charge is 2.27. The molecule has 0 heterocycles. The van der Waals surface area contributed by atoms with E-state index in [2.05, 4.69) is 26.3 Å². The summed E-state index contributed by atoms with van der Waals surface area (Å²) in [7, 11) is 0. The lowest BCUT2D eigenvalue weighted by Crippen LogP contribution is -2.55. The van der Waals surface area contributed by atoms with E-state index in [1.54, 1.807) is 6.92 Å². The van der Waals surface area contributed by atoms with Crippen LogP contribution in [0.5, 0.6) is 0 Å². The highest BCUT2D eigenvalue weighted by atomic mass is 16.2. The van der Waals surface area contributed by atoms with Crippen LogP contribution < -0.4 is 32.7 Å². The second kappa shape index (κ2) is 15.0. The minimum Gasteiger partial charge on any atom is -0.370 e. The predicted molar refractivity (Wildman–Crippen MR) is 146 cm³/mol. The van der Waals surface area contributed by atoms with Gasteiger partial charge in [-0.05, 0) is 37.8 Å². The number of rotatable bonds is 13. The van der Waals surface area contributed by atoms with Gasteiger partial charge in [0.15, 0.2) is 5.96 Å². The molecule has 38 heavy (non-hydrogen) atoms. The van der Waals surface area contributed by atoms with Crippen LogP contribution in [0.15, 0.2) is 65.7 Å². The van der Waals surface area contributed by atoms with Crippen LogP contribution in [-0.4, -0.2) is 54.3 Å². The summed E-state index contributed by atoms with van der Waals surface area (Å²) in [4.78, 5) is 54.0. The number of nitrogens with one attached hydrogen (secondary N) is 4. The van der Waals surface area contributed by atoms with Crippen LogP contribution in [0.25, 0.3) is 0 Å². The number of carbonyl (C=O) groups excluding carboxylic acids is 4. The quantitative estimate of drug-likeness (QED) is 0.126. The maximum atomic E-state index is 13.1. The Morgan fingerprint density at radius 1 is 0.737 bits per heavy atom. The number of hydrogen-bond donors (Lipinski definition) is 6. The third-order valence-electron chi connectivity index (χ3n) is 5.70. The molecule has 4 amide bonds. The number of guanidine groups is 1. The van der Waals surface area contributed by atoms with Gasteiger partial charge in [-0.15, -0.1) is 0 Å². The second-order valence-corrected chi connectivity index (χ2v) is 8.93. The lowest BCUT2D eigenvalue weighted by Gasteiger charge is -2.25. The van der Waals surface area contributed by atoms with E-state index in [9.17, 15) is 19.2 Å². The molecule has 0 saturated heterocycles. The van der Waals surface area contributed by atoms with Gasteiger partial charge in [-0.25, -0.2) is 0 Å². The summed E-state index contributed by atoms with van der Waals surface area (Å²) in [5.41, 5.74) is 12.5. The first-order chi connectivity index (χ1) is 18.1. The fourth-order valence-electron chi connectivity index (χ4n) is 3.74. The summed E-state index contributed by atoms with van der Waals surface area (Å²) in [6.45, 7) is 4.63. The first-order valence-corrected chi connectivity index (χ1v) is 12.4. The summed E-state index contributed by atoms with van der Waals surface area (Å²) < 4.78 is 0. The van der Waals surface area contributed by atoms with Gasteiger partial charge in [-0.2, -0.15) is 0 Å². The van der Waals surface area contributed by atoms with Crippen molar-refractivity contribution in [2.45, 2.75) is 57.8 Å². The molecule has 0 aliphatic carbocycles. The van der Waals surface area contributed by atoms with Crippen molar-refractivity contribution < 1.29 is 19.2 Å². The zero-order chi connectivity index (χ0) is 28.1. The van der Waals surface area contributed by atoms with E-state index < -0.39 is 41.9 Å². The molecule has 0 unspecified atom stereocenters. The number of hydrogen-bond acceptors (Lipinski definition) is 5. The van der Waals surface area contributed by atoms with E-state index >= 15 is 0 Å². The standard InChI is InChI=1S/C27H37N7O4/c1-17(31-19(3)35)24(36)33-22(15-10-16-30-27(28)29)26(38)32-18(2)25(37)34-23(20-11-6-4-7-12-20)21-13-8-5-9-14-21/h4-9,11-14,17-18,22-23H,10,15-16H2,1-3H3,(H,31,35)(H,32,38)(H,33,36)(H,34,37)(H4,28,29,30)/t17-,18-,22-/m0/s1. The zero-order valence-corrected chi connectivity index (χ0v) is 21.9. The zero-order valence-electron chi connectivity index (χ0n) is 21.9. The van der Waals surface area contributed by atoms with E-state index in [4.69, 9.17) is 11.5 Å². The predicted octanol–water partition coefficient (Wildman–Crippen LogP) is 0.460. The van der Waals surface area contributed by atoms with Crippen molar-refractivity contribution >= 4 is 29.6 Å². The van der Waals surface area contributed by atoms with Crippen LogP contribution in [-0.2, 0) is 19.2 Å². The Hall–Kier alpha value is -4.41. The molecular weight excluding hydrogens is 486 g/mol. The fraction of sp³-hybridized carbons (Fsp3) is 0.370. The van der Waals surface area contributed by atoms with E-state index in [0.29, 0.717) is 6.42 Å². The molecule has 0 saturated carbocycles. The molecule has 0 radical (unpaired) electrons. The molecule has 0 fully saturated rings. The van der Waals surface area contributed by atoms with Crippen molar-refractivity contribution in [3.05, 3.63) is 71.8 Å². The Bertz CT molecular complexity index is 1070. The van der Waals surface area contributed by atoms with E-state index in [1.165, 1.54) is 13.8 Å². The lowest BCUT2D eigenvalue weighted by molar-refractivity contribution is -0.133. The van der Waals surface area contributed by atoms with Crippen LogP contribution in [0, 0.1) is 0 Å². The molecule has 3 atom stereocenters. The molecule has 2 aromatic carbocycles. The van der Waals surface area contributed by atoms with E-state index in [1.807, 2.05) is 60.7 Å². The lowest BCUT2D eigenvalue weighted by atomic mass is 9.98. The molecule has 0 aliphatic heterocycles. The van der Waals surface area contributed by atoms with Crippen LogP contribution in [0.2, 0.25) is 0 Å². The van der Waals surface area contributed by atoms with E-state index in [-0.39, 0.29) is 24.8 Å². The molecule has 0 bridgehead atoms. The molecule has 0 aliphatic rings. The summed E-state index contributed by atoms with van der Waals surface area (Å²) in [5, 5.41) is 10.8. The number of benzene rings is 2. The smallest absolute Gasteiger partial charge is 0.243 e. The molecule has 8 N–H and O–H groups in total. The molecule has 0 aromatic heterocycles. The molecule has 11 nitrogen and oxygen atoms in total. The molecule has 0 spiro atoms. The van der Waals surface area contributed by atoms with Crippen LogP contribution in [0.3, 0.4) is 0 Å². The highest BCUT2D eigenvalue weighted by Crippen LogP contribution is 2.21. The fourth-order valence-corrected chi connectivity index (χ4v) is 3.74. The maximum Gasteiger partial charge on any atom is 0.243 e. The Balaban J connectivity index is 2.11. The summed E-state index contributed by atoms with van der Waals surface area (Å²) >= 11 is 0. The van der Waals surface area contributed by atoms with Gasteiger partial charge in [0.1, 0.15) is 18.1 Å². The van der Waals surface area contributed by atoms with Gasteiger partial charge in [0, 0.05) is 13.5 Å². The first kappa shape index (κ1) is 29.8. The average Bonchev–Trinajstić information content (AvgIpc) is 2.89. The first-order valence-electron chi connectivity index (χ1n) is 12.4. The van der Waals surface area contributed by atoms with Crippen molar-refractivity contribution in [1.29, 1.82) is 0 Å². The van der Waals surface area contributed by atoms with Gasteiger partial charge < -0.3 is 32.7 Å². The van der Waals surface area contributed by atoms with Crippen LogP contribution >= 0.6 is 0 Å². The van der Waals surface area contributed by atoms with Gasteiger partial charge >= 0.3 is 0 Å². The van der Waals surface area contributed by atoms with Crippen molar-refractivity contribution in [3.8, 4) is 0 Å². The Morgan fingerprint density at radius 3 is 1.74 bits per heavy atom. The monoisotopic (exact) mass is 523 g/mol. The SMILES string of the molecule is CC(=O)N[C@@H](C)C(=O)N[C@@H](CCCN=C(N)N)C(=O)N[C@@H](C)C(=O)NC(c1ccccc1)c1ccccc1. The van der Waals surface area contributed by atoms with Gasteiger partial charge in [0.25, 0.3) is 0 Å². The number of carbonyl (C=O) groups is 4. The third-order valence-corrected chi connectivity index (χ3v) is 5.70. The molecule has 2 rings (SSSR count). The Labute approximate surface area is 222 Å². The maximum absolute atomic E-state index is 13.1. The minimum absolute atomic E-state index is 0.0778. The van der Waals surface area contributed by atoms with Crippen molar-refractivity contribution in [2.75, 3.05) is 6.54 Å². The average molecular weight is 524 g/mol. The normalized spacial score (nSPS) is 12.9. The number of nitrogens with two attached hydrogens (primary N) is 2. The minimum atomic E-state index is -0.970. The van der Waals surface area contributed by atoms with Crippen molar-refractivity contribution in [3.63, 3.8) is 0 Å². The van der Waals surface area contributed by atoms with Crippen LogP contribution in [0.4, 0.5) is 0 Å². The second-order valence-electron chi connectivity index (χ2n) is 8.93. The summed E-state index contributed by atoms with van der Waals surface area (Å²) in [6.07, 6.45) is 0.613. The van der Waals surface area contributed by atoms with Gasteiger partial charge in [-0.3, -0.25) is 24.2 Å². The number of amides is 4. The number of aliphatic imine (C=N–C) groups is 1. The Morgan fingerprint density at radius 2 is 1.24 bits per heavy atom. The van der Waals surface area contributed by atoms with Crippen molar-refractivity contribution in [1.82, 2.24) is 21.3 Å². The summed E-state index contributed by atoms with van der Waals surface area (Å²) in [5.74, 6) is -1.93. The highest BCUT2D eigenvalue weighted by molar-refractivity contribution is 5.94. The Kier molecular flexibility index (Phi) is 11.8. The topological polar surface area (TPSA) is 181 Å². The largest absolute Gasteiger partial charge is 0.370 e. The molecular formula is C27H37N7O4. The van der Waals surface area contributed by atoms with Crippen LogP contribution in [0.1, 0.15) is 50.8 Å². The van der Waals surface area contributed by atoms with Gasteiger partial charge in [0.05, 0.1) is 6.04 Å². The summed E-state index contributed by atoms with van der Waals surface area (Å²) in [6, 6.07) is 15.9. The molecule has 11 heteroatoms. The molecule has 2 aromatic rings. The third kappa shape index (κ3) is 9.92. The van der Waals surface area contributed by atoms with E-state index in [0.717, 1.165) is 11.1 Å². The number of nitrogens with zero attached hydrogens (tertiary/aromatic N) is 1. The van der Waals surface area contributed by atoms with Gasteiger partial charge in [0.2, 0.25) is 23.6 Å². The van der Waals surface area contributed by atoms with Crippen molar-refractivity contribution in [2.24, 2.45) is 16.5 Å². The molecule has 204 valence electrons.